The molecule has 0 fully saturated rings. The van der Waals surface area contributed by atoms with E-state index in [1.165, 1.54) is 19.2 Å². The summed E-state index contributed by atoms with van der Waals surface area (Å²) in [6.07, 6.45) is 1.02. The van der Waals surface area contributed by atoms with E-state index < -0.39 is 33.4 Å². The standard InChI is InChI=1S/C20H22N2O7S/c1-4-29-16-9-11(5-8-15(16)28-2)13(10-30(3,26)27)22-19(24)12-6-7-14(23)18(21)17(12)20(22)25/h5-9,13,23H,4,10,21H2,1-3H3. The van der Waals surface area contributed by atoms with Crippen LogP contribution in [-0.4, -0.2) is 56.0 Å². The van der Waals surface area contributed by atoms with Crippen LogP contribution in [0.15, 0.2) is 30.3 Å². The number of carbonyl (C=O) groups is 2. The Morgan fingerprint density at radius 1 is 1.13 bits per heavy atom. The Kier molecular flexibility index (Phi) is 5.62. The number of hydrogen-bond donors (Lipinski definition) is 2. The van der Waals surface area contributed by atoms with Crippen molar-refractivity contribution in [3.63, 3.8) is 0 Å². The fourth-order valence-electron chi connectivity index (χ4n) is 3.42. The van der Waals surface area contributed by atoms with E-state index in [0.717, 1.165) is 11.2 Å². The molecule has 2 amide bonds. The van der Waals surface area contributed by atoms with Gasteiger partial charge in [-0.05, 0) is 36.8 Å². The van der Waals surface area contributed by atoms with Crippen molar-refractivity contribution in [2.75, 3.05) is 31.5 Å². The van der Waals surface area contributed by atoms with Gasteiger partial charge in [-0.25, -0.2) is 8.42 Å². The molecular weight excluding hydrogens is 412 g/mol. The summed E-state index contributed by atoms with van der Waals surface area (Å²) in [6.45, 7) is 2.11. The number of hydrogen-bond acceptors (Lipinski definition) is 8. The first-order valence-electron chi connectivity index (χ1n) is 9.06. The molecule has 0 aromatic heterocycles. The van der Waals surface area contributed by atoms with Gasteiger partial charge in [-0.15, -0.1) is 0 Å². The highest BCUT2D eigenvalue weighted by atomic mass is 32.2. The van der Waals surface area contributed by atoms with E-state index in [0.29, 0.717) is 23.7 Å². The van der Waals surface area contributed by atoms with E-state index in [4.69, 9.17) is 15.2 Å². The Labute approximate surface area is 173 Å². The first kappa shape index (κ1) is 21.4. The minimum absolute atomic E-state index is 0.00680. The molecule has 10 heteroatoms. The van der Waals surface area contributed by atoms with Gasteiger partial charge in [0.25, 0.3) is 11.8 Å². The van der Waals surface area contributed by atoms with Gasteiger partial charge in [-0.2, -0.15) is 0 Å². The number of nitrogens with two attached hydrogens (primary N) is 1. The normalized spacial score (nSPS) is 14.6. The van der Waals surface area contributed by atoms with Crippen LogP contribution in [-0.2, 0) is 9.84 Å². The number of phenols is 1. The monoisotopic (exact) mass is 434 g/mol. The van der Waals surface area contributed by atoms with Crippen molar-refractivity contribution in [2.24, 2.45) is 0 Å². The second-order valence-electron chi connectivity index (χ2n) is 6.85. The number of fused-ring (bicyclic) bond motifs is 1. The summed E-state index contributed by atoms with van der Waals surface area (Å²) in [6, 6.07) is 6.07. The number of aromatic hydroxyl groups is 1. The number of phenolic OH excluding ortho intramolecular Hbond substituents is 1. The third-order valence-electron chi connectivity index (χ3n) is 4.75. The molecule has 1 heterocycles. The molecule has 0 saturated heterocycles. The van der Waals surface area contributed by atoms with E-state index in [1.54, 1.807) is 25.1 Å². The number of rotatable bonds is 7. The third-order valence-corrected chi connectivity index (χ3v) is 5.67. The zero-order chi connectivity index (χ0) is 22.2. The zero-order valence-corrected chi connectivity index (χ0v) is 17.5. The van der Waals surface area contributed by atoms with E-state index in [2.05, 4.69) is 0 Å². The number of nitrogen functional groups attached to an aromatic ring is 1. The predicted molar refractivity (Wildman–Crippen MR) is 110 cm³/mol. The fourth-order valence-corrected chi connectivity index (χ4v) is 4.33. The average Bonchev–Trinajstić information content (AvgIpc) is 2.93. The van der Waals surface area contributed by atoms with Gasteiger partial charge in [-0.1, -0.05) is 6.07 Å². The Hall–Kier alpha value is -3.27. The number of benzene rings is 2. The number of ether oxygens (including phenoxy) is 2. The number of anilines is 1. The quantitative estimate of drug-likeness (QED) is 0.382. The van der Waals surface area contributed by atoms with Crippen LogP contribution in [0.3, 0.4) is 0 Å². The van der Waals surface area contributed by atoms with Crippen molar-refractivity contribution in [1.82, 2.24) is 4.90 Å². The fraction of sp³-hybridized carbons (Fsp3) is 0.300. The molecule has 3 rings (SSSR count). The number of sulfone groups is 1. The Bertz CT molecular complexity index is 1130. The Balaban J connectivity index is 2.15. The molecule has 0 saturated carbocycles. The van der Waals surface area contributed by atoms with Crippen molar-refractivity contribution < 1.29 is 32.6 Å². The molecular formula is C20H22N2O7S. The van der Waals surface area contributed by atoms with Gasteiger partial charge in [0, 0.05) is 6.26 Å². The van der Waals surface area contributed by atoms with E-state index >= 15 is 0 Å². The number of methoxy groups -OCH3 is 1. The smallest absolute Gasteiger partial charge is 0.264 e. The Morgan fingerprint density at radius 2 is 1.83 bits per heavy atom. The molecule has 9 nitrogen and oxygen atoms in total. The maximum Gasteiger partial charge on any atom is 0.264 e. The number of nitrogens with zero attached hydrogens (tertiary/aromatic N) is 1. The molecule has 0 radical (unpaired) electrons. The van der Waals surface area contributed by atoms with E-state index in [-0.39, 0.29) is 22.6 Å². The van der Waals surface area contributed by atoms with Gasteiger partial charge in [0.1, 0.15) is 15.6 Å². The lowest BCUT2D eigenvalue weighted by molar-refractivity contribution is 0.0597. The van der Waals surface area contributed by atoms with Gasteiger partial charge >= 0.3 is 0 Å². The van der Waals surface area contributed by atoms with Crippen LogP contribution in [0, 0.1) is 0 Å². The minimum atomic E-state index is -3.60. The third kappa shape index (κ3) is 3.78. The minimum Gasteiger partial charge on any atom is -0.506 e. The van der Waals surface area contributed by atoms with Crippen molar-refractivity contribution in [3.8, 4) is 17.2 Å². The Morgan fingerprint density at radius 3 is 2.43 bits per heavy atom. The van der Waals surface area contributed by atoms with Gasteiger partial charge in [0.15, 0.2) is 11.5 Å². The SMILES string of the molecule is CCOc1cc(C(CS(C)(=O)=O)N2C(=O)c3ccc(O)c(N)c3C2=O)ccc1OC. The van der Waals surface area contributed by atoms with Crippen molar-refractivity contribution in [3.05, 3.63) is 47.0 Å². The number of carbonyl (C=O) groups excluding carboxylic acids is 2. The van der Waals surface area contributed by atoms with Gasteiger partial charge in [-0.3, -0.25) is 14.5 Å². The summed E-state index contributed by atoms with van der Waals surface area (Å²) in [7, 11) is -2.14. The molecule has 1 aliphatic heterocycles. The second-order valence-corrected chi connectivity index (χ2v) is 9.04. The van der Waals surface area contributed by atoms with Crippen LogP contribution < -0.4 is 15.2 Å². The van der Waals surface area contributed by atoms with E-state index in [9.17, 15) is 23.1 Å². The molecule has 3 N–H and O–H groups in total. The summed E-state index contributed by atoms with van der Waals surface area (Å²) in [5.74, 6) is -1.52. The molecule has 1 aliphatic rings. The van der Waals surface area contributed by atoms with Crippen LogP contribution in [0.4, 0.5) is 5.69 Å². The largest absolute Gasteiger partial charge is 0.506 e. The average molecular weight is 434 g/mol. The number of imide groups is 1. The molecule has 0 spiro atoms. The maximum absolute atomic E-state index is 13.1. The molecule has 2 aromatic carbocycles. The summed E-state index contributed by atoms with van der Waals surface area (Å²) in [5.41, 5.74) is 5.83. The van der Waals surface area contributed by atoms with Crippen molar-refractivity contribution in [2.45, 2.75) is 13.0 Å². The summed E-state index contributed by atoms with van der Waals surface area (Å²) < 4.78 is 35.1. The summed E-state index contributed by atoms with van der Waals surface area (Å²) >= 11 is 0. The highest BCUT2D eigenvalue weighted by molar-refractivity contribution is 7.90. The van der Waals surface area contributed by atoms with Crippen LogP contribution in [0.1, 0.15) is 39.2 Å². The van der Waals surface area contributed by atoms with Crippen LogP contribution >= 0.6 is 0 Å². The molecule has 1 unspecified atom stereocenters. The molecule has 0 bridgehead atoms. The second kappa shape index (κ2) is 7.86. The van der Waals surface area contributed by atoms with Crippen LogP contribution in [0.2, 0.25) is 0 Å². The van der Waals surface area contributed by atoms with Crippen LogP contribution in [0.5, 0.6) is 17.2 Å². The van der Waals surface area contributed by atoms with Gasteiger partial charge in [0.2, 0.25) is 0 Å². The van der Waals surface area contributed by atoms with Crippen LogP contribution in [0.25, 0.3) is 0 Å². The zero-order valence-electron chi connectivity index (χ0n) is 16.7. The summed E-state index contributed by atoms with van der Waals surface area (Å²) in [5, 5.41) is 9.84. The van der Waals surface area contributed by atoms with E-state index in [1.807, 2.05) is 0 Å². The lowest BCUT2D eigenvalue weighted by atomic mass is 10.1. The first-order valence-corrected chi connectivity index (χ1v) is 11.1. The molecule has 160 valence electrons. The maximum atomic E-state index is 13.1. The van der Waals surface area contributed by atoms with Gasteiger partial charge < -0.3 is 20.3 Å². The number of amides is 2. The summed E-state index contributed by atoms with van der Waals surface area (Å²) in [4.78, 5) is 27.0. The molecule has 0 aliphatic carbocycles. The molecule has 30 heavy (non-hydrogen) atoms. The predicted octanol–water partition coefficient (Wildman–Crippen LogP) is 1.76. The molecule has 2 aromatic rings. The van der Waals surface area contributed by atoms with Crippen molar-refractivity contribution >= 4 is 27.3 Å². The lowest BCUT2D eigenvalue weighted by Gasteiger charge is -2.26. The lowest BCUT2D eigenvalue weighted by Crippen LogP contribution is -2.37. The molecule has 1 atom stereocenters. The highest BCUT2D eigenvalue weighted by Gasteiger charge is 2.43. The van der Waals surface area contributed by atoms with Crippen molar-refractivity contribution in [1.29, 1.82) is 0 Å². The van der Waals surface area contributed by atoms with Gasteiger partial charge in [0.05, 0.1) is 42.3 Å². The highest BCUT2D eigenvalue weighted by Crippen LogP contribution is 2.39. The first-order chi connectivity index (χ1) is 14.1. The topological polar surface area (TPSA) is 136 Å².